The van der Waals surface area contributed by atoms with Crippen molar-refractivity contribution >= 4 is 41.0 Å². The van der Waals surface area contributed by atoms with E-state index in [0.717, 1.165) is 30.2 Å². The molecule has 2 rings (SSSR count). The maximum Gasteiger partial charge on any atom is 0.328 e. The Hall–Kier alpha value is -3.52. The van der Waals surface area contributed by atoms with Crippen LogP contribution in [0.1, 0.15) is 44.5 Å². The van der Waals surface area contributed by atoms with Crippen LogP contribution in [0.2, 0.25) is 0 Å². The molecular formula is C21H28N4O9S. The Kier molecular flexibility index (Phi) is 8.57. The van der Waals surface area contributed by atoms with Crippen LogP contribution in [0.25, 0.3) is 0 Å². The molecule has 0 spiro atoms. The number of phenols is 2. The first-order valence-electron chi connectivity index (χ1n) is 10.5. The Bertz CT molecular complexity index is 1080. The second-order valence-corrected chi connectivity index (χ2v) is 10.0. The van der Waals surface area contributed by atoms with E-state index < -0.39 is 75.1 Å². The average Bonchev–Trinajstić information content (AvgIpc) is 2.76. The number of rotatable bonds is 10. The van der Waals surface area contributed by atoms with E-state index in [2.05, 4.69) is 15.8 Å². The van der Waals surface area contributed by atoms with Gasteiger partial charge in [0.15, 0.2) is 28.6 Å². The molecule has 35 heavy (non-hydrogen) atoms. The quantitative estimate of drug-likeness (QED) is 0.0819. The number of hydrogen-bond donors (Lipinski definition) is 6. The number of benzene rings is 1. The van der Waals surface area contributed by atoms with Gasteiger partial charge in [0, 0.05) is 24.2 Å². The summed E-state index contributed by atoms with van der Waals surface area (Å²) in [6, 6.07) is 0.0575. The number of carbonyl (C=O) groups is 4. The largest absolute Gasteiger partial charge is 0.504 e. The van der Waals surface area contributed by atoms with Crippen molar-refractivity contribution in [1.82, 2.24) is 15.6 Å². The van der Waals surface area contributed by atoms with Gasteiger partial charge in [0.25, 0.3) is 11.8 Å². The first kappa shape index (κ1) is 27.7. The molecule has 1 aromatic rings. The molecule has 6 N–H and O–H groups in total. The Morgan fingerprint density at radius 3 is 2.34 bits per heavy atom. The van der Waals surface area contributed by atoms with Crippen LogP contribution in [0.4, 0.5) is 0 Å². The molecule has 5 atom stereocenters. The van der Waals surface area contributed by atoms with Crippen LogP contribution >= 0.6 is 0 Å². The second-order valence-electron chi connectivity index (χ2n) is 8.66. The molecule has 0 saturated carbocycles. The standard InChI is InChI=1S/C21H28N4O9S/c1-10(2)16(23-18(29)12-5-6-13(26)14(27)8-12)19(30)24-22-9-21(4,35(33)34)17(20(31)32)25-11(3)7-15(25)28/h5-6,8-11,16-17,26-27H,7H2,1-4H3,(H,23,29)(H,24,30)(H,31,32)(H,33,34)/b22-9+/t11-,16?,17+,21+/m1/s1. The van der Waals surface area contributed by atoms with Gasteiger partial charge < -0.3 is 30.1 Å². The highest BCUT2D eigenvalue weighted by molar-refractivity contribution is 7.81. The summed E-state index contributed by atoms with van der Waals surface area (Å²) in [5.41, 5.74) is 2.10. The summed E-state index contributed by atoms with van der Waals surface area (Å²) in [5.74, 6) is -4.93. The molecule has 14 heteroatoms. The second kappa shape index (κ2) is 10.8. The van der Waals surface area contributed by atoms with E-state index in [0.29, 0.717) is 0 Å². The third-order valence-corrected chi connectivity index (χ3v) is 6.71. The van der Waals surface area contributed by atoms with Crippen molar-refractivity contribution in [3.8, 4) is 11.5 Å². The third kappa shape index (κ3) is 5.95. The highest BCUT2D eigenvalue weighted by atomic mass is 32.2. The Balaban J connectivity index is 2.20. The molecule has 3 amide bonds. The maximum absolute atomic E-state index is 12.7. The molecule has 0 aromatic heterocycles. The van der Waals surface area contributed by atoms with Crippen molar-refractivity contribution in [2.75, 3.05) is 0 Å². The topological polar surface area (TPSA) is 206 Å². The number of hydrogen-bond acceptors (Lipinski definition) is 8. The molecule has 1 aromatic carbocycles. The fourth-order valence-corrected chi connectivity index (χ4v) is 4.11. The summed E-state index contributed by atoms with van der Waals surface area (Å²) >= 11 is -2.80. The maximum atomic E-state index is 12.7. The highest BCUT2D eigenvalue weighted by Gasteiger charge is 2.53. The lowest BCUT2D eigenvalue weighted by molar-refractivity contribution is -0.161. The lowest BCUT2D eigenvalue weighted by atomic mass is 9.92. The van der Waals surface area contributed by atoms with Crippen molar-refractivity contribution in [2.24, 2.45) is 11.0 Å². The van der Waals surface area contributed by atoms with E-state index in [-0.39, 0.29) is 12.0 Å². The van der Waals surface area contributed by atoms with Crippen LogP contribution in [0.3, 0.4) is 0 Å². The number of carboxylic acids is 1. The lowest BCUT2D eigenvalue weighted by Crippen LogP contribution is -2.67. The van der Waals surface area contributed by atoms with Gasteiger partial charge >= 0.3 is 5.97 Å². The summed E-state index contributed by atoms with van der Waals surface area (Å²) in [6.45, 7) is 5.98. The number of nitrogens with zero attached hydrogens (tertiary/aromatic N) is 2. The van der Waals surface area contributed by atoms with Gasteiger partial charge in [-0.15, -0.1) is 0 Å². The van der Waals surface area contributed by atoms with Crippen LogP contribution in [0.15, 0.2) is 23.3 Å². The summed E-state index contributed by atoms with van der Waals surface area (Å²) in [5, 5.41) is 34.8. The summed E-state index contributed by atoms with van der Waals surface area (Å²) in [4.78, 5) is 50.0. The van der Waals surface area contributed by atoms with E-state index in [4.69, 9.17) is 0 Å². The van der Waals surface area contributed by atoms with Gasteiger partial charge in [-0.2, -0.15) is 5.10 Å². The summed E-state index contributed by atoms with van der Waals surface area (Å²) < 4.78 is 19.9. The van der Waals surface area contributed by atoms with Crippen molar-refractivity contribution in [1.29, 1.82) is 0 Å². The molecule has 0 radical (unpaired) electrons. The average molecular weight is 513 g/mol. The van der Waals surface area contributed by atoms with Crippen LogP contribution in [0.5, 0.6) is 11.5 Å². The monoisotopic (exact) mass is 512 g/mol. The molecule has 1 saturated heterocycles. The number of carboxylic acid groups (broad SMARTS) is 1. The predicted octanol–water partition coefficient (Wildman–Crippen LogP) is 0.00860. The lowest BCUT2D eigenvalue weighted by Gasteiger charge is -2.46. The van der Waals surface area contributed by atoms with Gasteiger partial charge in [0.2, 0.25) is 5.91 Å². The van der Waals surface area contributed by atoms with Crippen molar-refractivity contribution < 1.29 is 43.3 Å². The first-order valence-corrected chi connectivity index (χ1v) is 11.6. The fourth-order valence-electron chi connectivity index (χ4n) is 3.56. The third-order valence-electron chi connectivity index (χ3n) is 5.63. The molecule has 192 valence electrons. The Morgan fingerprint density at radius 2 is 1.89 bits per heavy atom. The van der Waals surface area contributed by atoms with E-state index in [1.54, 1.807) is 20.8 Å². The number of amides is 3. The van der Waals surface area contributed by atoms with Crippen molar-refractivity contribution in [3.05, 3.63) is 23.8 Å². The zero-order valence-electron chi connectivity index (χ0n) is 19.5. The van der Waals surface area contributed by atoms with Gasteiger partial charge in [-0.25, -0.2) is 14.4 Å². The minimum atomic E-state index is -2.80. The minimum Gasteiger partial charge on any atom is -0.504 e. The minimum absolute atomic E-state index is 0.0249. The SMILES string of the molecule is CC(C)C(NC(=O)c1ccc(O)c(O)c1)C(=O)N/N=C/[C@@](C)([C@H](C(=O)O)N1C(=O)C[C@H]1C)S(=O)O. The number of β-lactam (4-membered cyclic amide) rings is 1. The number of likely N-dealkylation sites (tertiary alicyclic amines) is 1. The number of carbonyl (C=O) groups excluding carboxylic acids is 3. The van der Waals surface area contributed by atoms with Crippen LogP contribution in [0, 0.1) is 5.92 Å². The van der Waals surface area contributed by atoms with Gasteiger partial charge in [0.1, 0.15) is 10.8 Å². The Morgan fingerprint density at radius 1 is 1.26 bits per heavy atom. The molecule has 0 aliphatic carbocycles. The predicted molar refractivity (Wildman–Crippen MR) is 124 cm³/mol. The summed E-state index contributed by atoms with van der Waals surface area (Å²) in [6.07, 6.45) is 0.885. The van der Waals surface area contributed by atoms with Crippen LogP contribution in [-0.4, -0.2) is 81.8 Å². The zero-order chi connectivity index (χ0) is 26.7. The van der Waals surface area contributed by atoms with Gasteiger partial charge in [-0.1, -0.05) is 13.8 Å². The molecule has 2 unspecified atom stereocenters. The van der Waals surface area contributed by atoms with Crippen LogP contribution < -0.4 is 10.7 Å². The Labute approximate surface area is 203 Å². The number of nitrogens with one attached hydrogen (secondary N) is 2. The van der Waals surface area contributed by atoms with Crippen molar-refractivity contribution in [2.45, 2.75) is 57.0 Å². The number of phenolic OH excluding ortho intramolecular Hbond substituents is 2. The van der Waals surface area contributed by atoms with Crippen LogP contribution in [-0.2, 0) is 25.5 Å². The van der Waals surface area contributed by atoms with E-state index >= 15 is 0 Å². The molecule has 0 bridgehead atoms. The molecular weight excluding hydrogens is 484 g/mol. The zero-order valence-corrected chi connectivity index (χ0v) is 20.3. The summed E-state index contributed by atoms with van der Waals surface area (Å²) in [7, 11) is 0. The van der Waals surface area contributed by atoms with E-state index in [9.17, 15) is 43.3 Å². The molecule has 1 aliphatic rings. The van der Waals surface area contributed by atoms with Gasteiger partial charge in [-0.05, 0) is 38.0 Å². The number of hydrazone groups is 1. The smallest absolute Gasteiger partial charge is 0.328 e. The molecule has 1 aliphatic heterocycles. The molecule has 1 fully saturated rings. The highest BCUT2D eigenvalue weighted by Crippen LogP contribution is 2.30. The number of aliphatic carboxylic acids is 1. The van der Waals surface area contributed by atoms with Gasteiger partial charge in [-0.3, -0.25) is 14.4 Å². The van der Waals surface area contributed by atoms with Crippen molar-refractivity contribution in [3.63, 3.8) is 0 Å². The molecule has 13 nitrogen and oxygen atoms in total. The fraction of sp³-hybridized carbons (Fsp3) is 0.476. The molecule has 1 heterocycles. The first-order chi connectivity index (χ1) is 16.2. The van der Waals surface area contributed by atoms with Gasteiger partial charge in [0.05, 0.1) is 0 Å². The normalized spacial score (nSPS) is 20.0. The van der Waals surface area contributed by atoms with E-state index in [1.165, 1.54) is 6.07 Å². The number of aromatic hydroxyl groups is 2. The van der Waals surface area contributed by atoms with E-state index in [1.807, 2.05) is 0 Å².